The fourth-order valence-electron chi connectivity index (χ4n) is 2.97. The lowest BCUT2D eigenvalue weighted by Crippen LogP contribution is -2.37. The summed E-state index contributed by atoms with van der Waals surface area (Å²) in [6, 6.07) is 6.62. The monoisotopic (exact) mass is 408 g/mol. The topological polar surface area (TPSA) is 58.1 Å². The van der Waals surface area contributed by atoms with Crippen LogP contribution >= 0.6 is 23.1 Å². The molecule has 8 heteroatoms. The summed E-state index contributed by atoms with van der Waals surface area (Å²) in [4.78, 5) is 14.8. The van der Waals surface area contributed by atoms with Gasteiger partial charge >= 0.3 is 0 Å². The highest BCUT2D eigenvalue weighted by atomic mass is 32.2. The average molecular weight is 409 g/mol. The minimum absolute atomic E-state index is 0.00475. The molecule has 2 heterocycles. The number of carbonyl (C=O) groups is 1. The third-order valence-electron chi connectivity index (χ3n) is 4.45. The van der Waals surface area contributed by atoms with Gasteiger partial charge in [-0.3, -0.25) is 9.69 Å². The normalized spacial score (nSPS) is 16.0. The van der Waals surface area contributed by atoms with Crippen LogP contribution in [-0.4, -0.2) is 39.8 Å². The van der Waals surface area contributed by atoms with Gasteiger partial charge in [0.25, 0.3) is 0 Å². The first-order valence-corrected chi connectivity index (χ1v) is 11.0. The number of hydrogen-bond acceptors (Lipinski definition) is 6. The molecule has 1 aromatic heterocycles. The van der Waals surface area contributed by atoms with Crippen molar-refractivity contribution >= 4 is 34.1 Å². The average Bonchev–Trinajstić information content (AvgIpc) is 3.10. The van der Waals surface area contributed by atoms with E-state index in [1.54, 1.807) is 11.8 Å². The lowest BCUT2D eigenvalue weighted by Gasteiger charge is -2.31. The predicted molar refractivity (Wildman–Crippen MR) is 109 cm³/mol. The molecule has 27 heavy (non-hydrogen) atoms. The van der Waals surface area contributed by atoms with E-state index in [9.17, 15) is 9.18 Å². The van der Waals surface area contributed by atoms with E-state index in [1.807, 2.05) is 12.1 Å². The summed E-state index contributed by atoms with van der Waals surface area (Å²) in [7, 11) is 0. The maximum atomic E-state index is 13.0. The minimum atomic E-state index is -0.212. The van der Waals surface area contributed by atoms with Gasteiger partial charge in [0.2, 0.25) is 11.0 Å². The second kappa shape index (κ2) is 9.61. The minimum Gasteiger partial charge on any atom is -0.300 e. The fraction of sp³-hybridized carbons (Fsp3) is 0.526. The molecule has 0 radical (unpaired) electrons. The molecule has 1 amide bonds. The maximum absolute atomic E-state index is 13.0. The van der Waals surface area contributed by atoms with Crippen LogP contribution in [0.2, 0.25) is 0 Å². The fourth-order valence-corrected chi connectivity index (χ4v) is 4.70. The molecule has 1 aromatic carbocycles. The Morgan fingerprint density at radius 1 is 1.30 bits per heavy atom. The first kappa shape index (κ1) is 20.2. The van der Waals surface area contributed by atoms with Crippen molar-refractivity contribution in [3.63, 3.8) is 0 Å². The molecule has 5 nitrogen and oxygen atoms in total. The van der Waals surface area contributed by atoms with E-state index in [4.69, 9.17) is 0 Å². The Labute approximate surface area is 167 Å². The van der Waals surface area contributed by atoms with E-state index in [-0.39, 0.29) is 17.6 Å². The zero-order valence-electron chi connectivity index (χ0n) is 15.7. The number of piperidine rings is 1. The number of nitrogens with zero attached hydrogens (tertiary/aromatic N) is 3. The number of benzene rings is 1. The van der Waals surface area contributed by atoms with Crippen molar-refractivity contribution in [1.82, 2.24) is 15.1 Å². The van der Waals surface area contributed by atoms with Crippen LogP contribution in [0.1, 0.15) is 32.3 Å². The van der Waals surface area contributed by atoms with Crippen molar-refractivity contribution in [3.05, 3.63) is 35.6 Å². The molecular formula is C19H25FN4OS2. The number of thioether (sulfide) groups is 1. The van der Waals surface area contributed by atoms with Gasteiger partial charge in [0, 0.05) is 18.2 Å². The van der Waals surface area contributed by atoms with E-state index < -0.39 is 0 Å². The smallest absolute Gasteiger partial charge is 0.229 e. The van der Waals surface area contributed by atoms with Crippen LogP contribution in [0.4, 0.5) is 9.52 Å². The van der Waals surface area contributed by atoms with E-state index in [2.05, 4.69) is 34.3 Å². The number of rotatable bonds is 7. The molecule has 0 saturated carbocycles. The summed E-state index contributed by atoms with van der Waals surface area (Å²) < 4.78 is 13.9. The highest BCUT2D eigenvalue weighted by molar-refractivity contribution is 8.01. The lowest BCUT2D eigenvalue weighted by atomic mass is 9.95. The molecule has 0 atom stereocenters. The number of aromatic nitrogens is 2. The van der Waals surface area contributed by atoms with Gasteiger partial charge in [-0.25, -0.2) is 4.39 Å². The molecule has 1 saturated heterocycles. The molecule has 146 valence electrons. The summed E-state index contributed by atoms with van der Waals surface area (Å²) in [6.45, 7) is 6.85. The summed E-state index contributed by atoms with van der Waals surface area (Å²) in [5.41, 5.74) is 1.10. The summed E-state index contributed by atoms with van der Waals surface area (Å²) in [5.74, 6) is 1.42. The standard InChI is InChI=1S/C19H25FN4OS2/c1-13(2)12-26-19-23-22-18(27-19)21-17(25)15-7-9-24(10-8-15)11-14-3-5-16(20)6-4-14/h3-6,13,15H,7-12H2,1-2H3,(H,21,22,25). The Kier molecular flexibility index (Phi) is 7.20. The first-order valence-electron chi connectivity index (χ1n) is 9.23. The van der Waals surface area contributed by atoms with Crippen molar-refractivity contribution in [2.45, 2.75) is 37.6 Å². The summed E-state index contributed by atoms with van der Waals surface area (Å²) >= 11 is 3.12. The first-order chi connectivity index (χ1) is 13.0. The Hall–Kier alpha value is -1.51. The number of carbonyl (C=O) groups excluding carboxylic acids is 1. The second-order valence-corrected chi connectivity index (χ2v) is 9.49. The molecular weight excluding hydrogens is 383 g/mol. The molecule has 1 aliphatic heterocycles. The zero-order valence-corrected chi connectivity index (χ0v) is 17.3. The molecule has 0 spiro atoms. The number of nitrogens with one attached hydrogen (secondary N) is 1. The Morgan fingerprint density at radius 2 is 2.00 bits per heavy atom. The van der Waals surface area contributed by atoms with Gasteiger partial charge in [0.05, 0.1) is 0 Å². The Bertz CT molecular complexity index is 742. The van der Waals surface area contributed by atoms with Crippen LogP contribution in [0.3, 0.4) is 0 Å². The Morgan fingerprint density at radius 3 is 2.67 bits per heavy atom. The summed E-state index contributed by atoms with van der Waals surface area (Å²) in [6.07, 6.45) is 1.64. The predicted octanol–water partition coefficient (Wildman–Crippen LogP) is 4.28. The van der Waals surface area contributed by atoms with E-state index in [1.165, 1.54) is 23.5 Å². The number of hydrogen-bond donors (Lipinski definition) is 1. The molecule has 0 unspecified atom stereocenters. The maximum Gasteiger partial charge on any atom is 0.229 e. The van der Waals surface area contributed by atoms with E-state index >= 15 is 0 Å². The number of amides is 1. The zero-order chi connectivity index (χ0) is 19.2. The molecule has 0 bridgehead atoms. The largest absolute Gasteiger partial charge is 0.300 e. The number of likely N-dealkylation sites (tertiary alicyclic amines) is 1. The quantitative estimate of drug-likeness (QED) is 0.547. The number of halogens is 1. The van der Waals surface area contributed by atoms with Crippen LogP contribution in [0.15, 0.2) is 28.6 Å². The van der Waals surface area contributed by atoms with Gasteiger partial charge in [-0.15, -0.1) is 10.2 Å². The SMILES string of the molecule is CC(C)CSc1nnc(NC(=O)C2CCN(Cc3ccc(F)cc3)CC2)s1. The second-order valence-electron chi connectivity index (χ2n) is 7.24. The number of anilines is 1. The van der Waals surface area contributed by atoms with Gasteiger partial charge in [-0.2, -0.15) is 0 Å². The highest BCUT2D eigenvalue weighted by Crippen LogP contribution is 2.28. The lowest BCUT2D eigenvalue weighted by molar-refractivity contribution is -0.121. The molecule has 1 fully saturated rings. The van der Waals surface area contributed by atoms with Crippen molar-refractivity contribution in [2.75, 3.05) is 24.2 Å². The molecule has 0 aliphatic carbocycles. The van der Waals surface area contributed by atoms with Gasteiger partial charge in [0.15, 0.2) is 4.34 Å². The van der Waals surface area contributed by atoms with Crippen LogP contribution < -0.4 is 5.32 Å². The van der Waals surface area contributed by atoms with Crippen molar-refractivity contribution < 1.29 is 9.18 Å². The van der Waals surface area contributed by atoms with E-state index in [0.717, 1.165) is 48.1 Å². The van der Waals surface area contributed by atoms with Crippen molar-refractivity contribution in [2.24, 2.45) is 11.8 Å². The molecule has 1 N–H and O–H groups in total. The van der Waals surface area contributed by atoms with Crippen molar-refractivity contribution in [3.8, 4) is 0 Å². The van der Waals surface area contributed by atoms with Gasteiger partial charge in [-0.05, 0) is 49.5 Å². The highest BCUT2D eigenvalue weighted by Gasteiger charge is 2.25. The molecule has 1 aliphatic rings. The van der Waals surface area contributed by atoms with Crippen LogP contribution in [0, 0.1) is 17.7 Å². The van der Waals surface area contributed by atoms with Gasteiger partial charge < -0.3 is 5.32 Å². The van der Waals surface area contributed by atoms with Crippen LogP contribution in [0.25, 0.3) is 0 Å². The van der Waals surface area contributed by atoms with Gasteiger partial charge in [-0.1, -0.05) is 49.1 Å². The molecule has 2 aromatic rings. The third kappa shape index (κ3) is 6.26. The Balaban J connectivity index is 1.43. The van der Waals surface area contributed by atoms with Crippen LogP contribution in [-0.2, 0) is 11.3 Å². The van der Waals surface area contributed by atoms with Gasteiger partial charge in [0.1, 0.15) is 5.82 Å². The summed E-state index contributed by atoms with van der Waals surface area (Å²) in [5, 5.41) is 11.7. The third-order valence-corrected chi connectivity index (χ3v) is 6.85. The van der Waals surface area contributed by atoms with Crippen LogP contribution in [0.5, 0.6) is 0 Å². The molecule has 3 rings (SSSR count). The van der Waals surface area contributed by atoms with Crippen molar-refractivity contribution in [1.29, 1.82) is 0 Å². The van der Waals surface area contributed by atoms with E-state index in [0.29, 0.717) is 11.0 Å².